The van der Waals surface area contributed by atoms with E-state index in [1.165, 1.54) is 44.8 Å². The maximum absolute atomic E-state index is 13.1. The number of ether oxygens (including phenoxy) is 5. The summed E-state index contributed by atoms with van der Waals surface area (Å²) in [4.78, 5) is 0.128. The first-order valence-electron chi connectivity index (χ1n) is 9.06. The number of methoxy groups -OCH3 is 3. The first-order chi connectivity index (χ1) is 13.9. The van der Waals surface area contributed by atoms with Gasteiger partial charge in [-0.15, -0.1) is 0 Å². The molecule has 0 saturated heterocycles. The predicted molar refractivity (Wildman–Crippen MR) is 107 cm³/mol. The summed E-state index contributed by atoms with van der Waals surface area (Å²) >= 11 is 0. The zero-order chi connectivity index (χ0) is 21.0. The molecule has 0 bridgehead atoms. The van der Waals surface area contributed by atoms with Crippen LogP contribution in [0, 0.1) is 0 Å². The first-order valence-corrected chi connectivity index (χ1v) is 10.5. The highest BCUT2D eigenvalue weighted by atomic mass is 32.2. The SMILES string of the molecule is COc1ccc(CN(C)S(=O)(=O)c2ccc3c(c2)OCCCO3)c(OC)c1OC. The van der Waals surface area contributed by atoms with Crippen molar-refractivity contribution in [2.24, 2.45) is 0 Å². The van der Waals surface area contributed by atoms with Crippen molar-refractivity contribution in [3.05, 3.63) is 35.9 Å². The molecule has 0 aromatic heterocycles. The molecule has 29 heavy (non-hydrogen) atoms. The Morgan fingerprint density at radius 3 is 2.28 bits per heavy atom. The lowest BCUT2D eigenvalue weighted by Crippen LogP contribution is -2.26. The summed E-state index contributed by atoms with van der Waals surface area (Å²) in [6.45, 7) is 1.10. The maximum Gasteiger partial charge on any atom is 0.243 e. The Labute approximate surface area is 170 Å². The van der Waals surface area contributed by atoms with Gasteiger partial charge in [0.1, 0.15) is 0 Å². The fourth-order valence-electron chi connectivity index (χ4n) is 3.10. The van der Waals surface area contributed by atoms with Gasteiger partial charge in [0.2, 0.25) is 15.8 Å². The van der Waals surface area contributed by atoms with Crippen LogP contribution >= 0.6 is 0 Å². The first kappa shape index (κ1) is 21.1. The van der Waals surface area contributed by atoms with Crippen molar-refractivity contribution in [3.63, 3.8) is 0 Å². The second-order valence-electron chi connectivity index (χ2n) is 6.41. The zero-order valence-corrected chi connectivity index (χ0v) is 17.7. The quantitative estimate of drug-likeness (QED) is 0.677. The molecule has 0 fully saturated rings. The number of benzene rings is 2. The van der Waals surface area contributed by atoms with Crippen LogP contribution < -0.4 is 23.7 Å². The van der Waals surface area contributed by atoms with Crippen LogP contribution in [0.5, 0.6) is 28.7 Å². The van der Waals surface area contributed by atoms with Gasteiger partial charge in [-0.3, -0.25) is 0 Å². The summed E-state index contributed by atoms with van der Waals surface area (Å²) in [6.07, 6.45) is 0.746. The fourth-order valence-corrected chi connectivity index (χ4v) is 4.26. The standard InChI is InChI=1S/C20H25NO7S/c1-21(13-14-6-8-17(24-2)20(26-4)19(14)25-3)29(22,23)15-7-9-16-18(12-15)28-11-5-10-27-16/h6-9,12H,5,10-11,13H2,1-4H3. The molecule has 0 atom stereocenters. The molecular weight excluding hydrogens is 398 g/mol. The number of rotatable bonds is 7. The molecule has 158 valence electrons. The van der Waals surface area contributed by atoms with Crippen LogP contribution in [0.2, 0.25) is 0 Å². The lowest BCUT2D eigenvalue weighted by molar-refractivity contribution is 0.297. The van der Waals surface area contributed by atoms with E-state index >= 15 is 0 Å². The van der Waals surface area contributed by atoms with Crippen molar-refractivity contribution in [2.75, 3.05) is 41.6 Å². The average Bonchev–Trinajstić information content (AvgIpc) is 2.97. The summed E-state index contributed by atoms with van der Waals surface area (Å²) < 4.78 is 54.8. The van der Waals surface area contributed by atoms with Gasteiger partial charge in [-0.25, -0.2) is 8.42 Å². The van der Waals surface area contributed by atoms with Crippen molar-refractivity contribution < 1.29 is 32.1 Å². The molecule has 2 aromatic carbocycles. The molecule has 1 aliphatic heterocycles. The van der Waals surface area contributed by atoms with E-state index in [2.05, 4.69) is 0 Å². The molecule has 3 rings (SSSR count). The molecule has 0 N–H and O–H groups in total. The highest BCUT2D eigenvalue weighted by Crippen LogP contribution is 2.40. The highest BCUT2D eigenvalue weighted by Gasteiger charge is 2.26. The molecule has 9 heteroatoms. The molecule has 0 saturated carbocycles. The average molecular weight is 423 g/mol. The van der Waals surface area contributed by atoms with Gasteiger partial charge in [-0.05, 0) is 18.2 Å². The molecular formula is C20H25NO7S. The normalized spacial score (nSPS) is 13.7. The Balaban J connectivity index is 1.91. The third kappa shape index (κ3) is 4.20. The fraction of sp³-hybridized carbons (Fsp3) is 0.400. The number of sulfonamides is 1. The van der Waals surface area contributed by atoms with Crippen molar-refractivity contribution in [2.45, 2.75) is 17.9 Å². The topological polar surface area (TPSA) is 83.5 Å². The lowest BCUT2D eigenvalue weighted by atomic mass is 10.1. The lowest BCUT2D eigenvalue weighted by Gasteiger charge is -2.21. The van der Waals surface area contributed by atoms with E-state index in [-0.39, 0.29) is 11.4 Å². The minimum Gasteiger partial charge on any atom is -0.493 e. The number of hydrogen-bond acceptors (Lipinski definition) is 7. The Hall–Kier alpha value is -2.65. The molecule has 8 nitrogen and oxygen atoms in total. The summed E-state index contributed by atoms with van der Waals surface area (Å²) in [5.41, 5.74) is 0.644. The zero-order valence-electron chi connectivity index (χ0n) is 16.9. The van der Waals surface area contributed by atoms with Crippen LogP contribution in [0.25, 0.3) is 0 Å². The van der Waals surface area contributed by atoms with Gasteiger partial charge < -0.3 is 23.7 Å². The van der Waals surface area contributed by atoms with Crippen molar-refractivity contribution in [3.8, 4) is 28.7 Å². The Morgan fingerprint density at radius 2 is 1.62 bits per heavy atom. The molecule has 0 spiro atoms. The number of fused-ring (bicyclic) bond motifs is 1. The minimum absolute atomic E-state index is 0.0836. The predicted octanol–water partition coefficient (Wildman–Crippen LogP) is 2.69. The van der Waals surface area contributed by atoms with E-state index in [4.69, 9.17) is 23.7 Å². The van der Waals surface area contributed by atoms with Crippen LogP contribution in [-0.2, 0) is 16.6 Å². The second-order valence-corrected chi connectivity index (χ2v) is 8.46. The smallest absolute Gasteiger partial charge is 0.243 e. The summed E-state index contributed by atoms with van der Waals surface area (Å²) in [7, 11) is 2.26. The van der Waals surface area contributed by atoms with E-state index in [1.807, 2.05) is 0 Å². The number of nitrogens with zero attached hydrogens (tertiary/aromatic N) is 1. The van der Waals surface area contributed by atoms with Crippen molar-refractivity contribution in [1.29, 1.82) is 0 Å². The van der Waals surface area contributed by atoms with Crippen LogP contribution in [0.1, 0.15) is 12.0 Å². The summed E-state index contributed by atoms with van der Waals surface area (Å²) in [6, 6.07) is 8.10. The molecule has 0 unspecified atom stereocenters. The third-order valence-electron chi connectivity index (χ3n) is 4.61. The van der Waals surface area contributed by atoms with Crippen LogP contribution in [0.15, 0.2) is 35.2 Å². The summed E-state index contributed by atoms with van der Waals surface area (Å²) in [5.74, 6) is 2.31. The molecule has 0 aliphatic carbocycles. The van der Waals surface area contributed by atoms with Gasteiger partial charge in [0.05, 0.1) is 39.4 Å². The van der Waals surface area contributed by atoms with Crippen molar-refractivity contribution in [1.82, 2.24) is 4.31 Å². The minimum atomic E-state index is -3.77. The Bertz CT molecular complexity index is 975. The Kier molecular flexibility index (Phi) is 6.39. The molecule has 2 aromatic rings. The van der Waals surface area contributed by atoms with Gasteiger partial charge in [-0.1, -0.05) is 6.07 Å². The third-order valence-corrected chi connectivity index (χ3v) is 6.41. The Morgan fingerprint density at radius 1 is 0.931 bits per heavy atom. The van der Waals surface area contributed by atoms with Crippen LogP contribution in [0.3, 0.4) is 0 Å². The summed E-state index contributed by atoms with van der Waals surface area (Å²) in [5, 5.41) is 0. The molecule has 0 amide bonds. The van der Waals surface area contributed by atoms with Gasteiger partial charge >= 0.3 is 0 Å². The van der Waals surface area contributed by atoms with E-state index in [0.29, 0.717) is 47.5 Å². The molecule has 1 heterocycles. The van der Waals surface area contributed by atoms with E-state index in [9.17, 15) is 8.42 Å². The molecule has 1 aliphatic rings. The van der Waals surface area contributed by atoms with Crippen molar-refractivity contribution >= 4 is 10.0 Å². The van der Waals surface area contributed by atoms with Gasteiger partial charge in [-0.2, -0.15) is 4.31 Å². The van der Waals surface area contributed by atoms with Gasteiger partial charge in [0.25, 0.3) is 0 Å². The monoisotopic (exact) mass is 423 g/mol. The van der Waals surface area contributed by atoms with Crippen LogP contribution in [0.4, 0.5) is 0 Å². The van der Waals surface area contributed by atoms with E-state index in [0.717, 1.165) is 6.42 Å². The van der Waals surface area contributed by atoms with E-state index in [1.54, 1.807) is 18.2 Å². The number of hydrogen-bond donors (Lipinski definition) is 0. The highest BCUT2D eigenvalue weighted by molar-refractivity contribution is 7.89. The molecule has 0 radical (unpaired) electrons. The second kappa shape index (κ2) is 8.79. The van der Waals surface area contributed by atoms with E-state index < -0.39 is 10.0 Å². The largest absolute Gasteiger partial charge is 0.493 e. The van der Waals surface area contributed by atoms with Crippen LogP contribution in [-0.4, -0.2) is 54.3 Å². The van der Waals surface area contributed by atoms with Gasteiger partial charge in [0.15, 0.2) is 23.0 Å². The van der Waals surface area contributed by atoms with Gasteiger partial charge in [0, 0.05) is 31.6 Å². The maximum atomic E-state index is 13.1.